The molecular weight excluding hydrogens is 455 g/mol. The van der Waals surface area contributed by atoms with Crippen molar-refractivity contribution in [1.29, 1.82) is 0 Å². The number of fused-ring (bicyclic) bond motifs is 1. The van der Waals surface area contributed by atoms with Gasteiger partial charge in [0, 0.05) is 11.3 Å². The summed E-state index contributed by atoms with van der Waals surface area (Å²) in [5.74, 6) is 0.309. The Morgan fingerprint density at radius 3 is 2.39 bits per heavy atom. The largest absolute Gasteiger partial charge is 0.476 e. The van der Waals surface area contributed by atoms with E-state index >= 15 is 0 Å². The van der Waals surface area contributed by atoms with Crippen LogP contribution in [0, 0.1) is 5.82 Å². The van der Waals surface area contributed by atoms with Crippen molar-refractivity contribution in [2.75, 3.05) is 10.2 Å². The van der Waals surface area contributed by atoms with Gasteiger partial charge >= 0.3 is 0 Å². The Labute approximate surface area is 211 Å². The van der Waals surface area contributed by atoms with Crippen LogP contribution in [0.4, 0.5) is 15.8 Å². The minimum absolute atomic E-state index is 0.227. The van der Waals surface area contributed by atoms with E-state index in [2.05, 4.69) is 17.4 Å². The Morgan fingerprint density at radius 2 is 1.69 bits per heavy atom. The lowest BCUT2D eigenvalue weighted by Crippen LogP contribution is -2.52. The molecule has 6 heteroatoms. The lowest BCUT2D eigenvalue weighted by Gasteiger charge is -2.39. The molecule has 36 heavy (non-hydrogen) atoms. The van der Waals surface area contributed by atoms with Crippen LogP contribution in [0.1, 0.15) is 73.4 Å². The van der Waals surface area contributed by atoms with E-state index < -0.39 is 5.60 Å². The van der Waals surface area contributed by atoms with Crippen molar-refractivity contribution in [2.24, 2.45) is 0 Å². The highest BCUT2D eigenvalue weighted by Crippen LogP contribution is 2.39. The van der Waals surface area contributed by atoms with E-state index in [0.29, 0.717) is 22.9 Å². The van der Waals surface area contributed by atoms with Gasteiger partial charge in [-0.1, -0.05) is 43.5 Å². The van der Waals surface area contributed by atoms with Crippen LogP contribution in [0.2, 0.25) is 0 Å². The fourth-order valence-electron chi connectivity index (χ4n) is 5.12. The van der Waals surface area contributed by atoms with Gasteiger partial charge < -0.3 is 15.0 Å². The van der Waals surface area contributed by atoms with Gasteiger partial charge in [0.1, 0.15) is 11.6 Å². The molecule has 5 nitrogen and oxygen atoms in total. The topological polar surface area (TPSA) is 58.6 Å². The molecule has 0 saturated heterocycles. The van der Waals surface area contributed by atoms with Crippen molar-refractivity contribution in [3.63, 3.8) is 0 Å². The second kappa shape index (κ2) is 9.76. The number of hydrogen-bond donors (Lipinski definition) is 1. The molecule has 1 aliphatic heterocycles. The molecule has 3 aromatic carbocycles. The average Bonchev–Trinajstić information content (AvgIpc) is 2.88. The zero-order valence-corrected chi connectivity index (χ0v) is 20.7. The molecule has 2 aliphatic rings. The highest BCUT2D eigenvalue weighted by atomic mass is 19.1. The van der Waals surface area contributed by atoms with Crippen LogP contribution in [0.5, 0.6) is 5.75 Å². The molecule has 0 radical (unpaired) electrons. The number of anilines is 2. The number of ether oxygens (including phenoxy) is 1. The predicted molar refractivity (Wildman–Crippen MR) is 139 cm³/mol. The van der Waals surface area contributed by atoms with E-state index in [1.807, 2.05) is 12.1 Å². The van der Waals surface area contributed by atoms with Crippen LogP contribution in [-0.2, 0) is 11.3 Å². The van der Waals surface area contributed by atoms with Gasteiger partial charge in [-0.3, -0.25) is 9.59 Å². The number of carbonyl (C=O) groups excluding carboxylic acids is 2. The number of benzene rings is 3. The summed E-state index contributed by atoms with van der Waals surface area (Å²) in [7, 11) is 0. The smallest absolute Gasteiger partial charge is 0.271 e. The zero-order chi connectivity index (χ0) is 25.3. The molecule has 0 spiro atoms. The number of rotatable bonds is 5. The minimum atomic E-state index is -1.06. The maximum Gasteiger partial charge on any atom is 0.271 e. The summed E-state index contributed by atoms with van der Waals surface area (Å²) in [6.45, 7) is 3.67. The number of hydrogen-bond acceptors (Lipinski definition) is 3. The Kier molecular flexibility index (Phi) is 6.52. The van der Waals surface area contributed by atoms with E-state index in [9.17, 15) is 14.0 Å². The highest BCUT2D eigenvalue weighted by molar-refractivity contribution is 6.07. The summed E-state index contributed by atoms with van der Waals surface area (Å²) in [5, 5.41) is 2.97. The highest BCUT2D eigenvalue weighted by Gasteiger charge is 2.41. The molecule has 0 aromatic heterocycles. The van der Waals surface area contributed by atoms with Crippen LogP contribution in [0.3, 0.4) is 0 Å². The Bertz CT molecular complexity index is 1260. The van der Waals surface area contributed by atoms with E-state index in [-0.39, 0.29) is 24.2 Å². The number of carbonyl (C=O) groups is 2. The Hall–Kier alpha value is -3.67. The molecule has 3 aromatic rings. The van der Waals surface area contributed by atoms with Gasteiger partial charge in [-0.2, -0.15) is 0 Å². The van der Waals surface area contributed by atoms with Gasteiger partial charge in [-0.25, -0.2) is 4.39 Å². The maximum absolute atomic E-state index is 13.4. The maximum atomic E-state index is 13.4. The van der Waals surface area contributed by atoms with Crippen LogP contribution < -0.4 is 15.0 Å². The Morgan fingerprint density at radius 1 is 1.00 bits per heavy atom. The van der Waals surface area contributed by atoms with Gasteiger partial charge in [0.15, 0.2) is 5.60 Å². The first-order valence-corrected chi connectivity index (χ1v) is 12.6. The van der Waals surface area contributed by atoms with Crippen molar-refractivity contribution in [1.82, 2.24) is 0 Å². The second-order valence-electron chi connectivity index (χ2n) is 10.2. The Balaban J connectivity index is 1.37. The quantitative estimate of drug-likeness (QED) is 0.430. The molecule has 0 atom stereocenters. The normalized spacial score (nSPS) is 17.3. The molecule has 1 fully saturated rings. The zero-order valence-electron chi connectivity index (χ0n) is 20.7. The molecule has 186 valence electrons. The monoisotopic (exact) mass is 486 g/mol. The average molecular weight is 487 g/mol. The number of amides is 2. The molecule has 5 rings (SSSR count). The van der Waals surface area contributed by atoms with Gasteiger partial charge in [-0.15, -0.1) is 0 Å². The number of halogens is 1. The molecule has 0 unspecified atom stereocenters. The molecule has 1 N–H and O–H groups in total. The standard InChI is InChI=1S/C30H31FN2O3/c1-30(2)29(35)33(19-20-8-13-24(31)14-9-20)26-18-23(12-17-27(26)36-30)28(34)32-25-15-10-22(11-16-25)21-6-4-3-5-7-21/h8-18,21H,3-7,19H2,1-2H3,(H,32,34). The van der Waals surface area contributed by atoms with Crippen molar-refractivity contribution in [2.45, 2.75) is 64.0 Å². The molecule has 1 aliphatic carbocycles. The number of nitrogens with zero attached hydrogens (tertiary/aromatic N) is 1. The van der Waals surface area contributed by atoms with E-state index in [0.717, 1.165) is 11.3 Å². The third kappa shape index (κ3) is 4.99. The predicted octanol–water partition coefficient (Wildman–Crippen LogP) is 6.83. The van der Waals surface area contributed by atoms with Crippen molar-refractivity contribution < 1.29 is 18.7 Å². The van der Waals surface area contributed by atoms with E-state index in [1.165, 1.54) is 49.8 Å². The van der Waals surface area contributed by atoms with Crippen molar-refractivity contribution in [3.8, 4) is 5.75 Å². The third-order valence-corrected chi connectivity index (χ3v) is 7.14. The summed E-state index contributed by atoms with van der Waals surface area (Å²) in [4.78, 5) is 27.9. The molecule has 2 amide bonds. The summed E-state index contributed by atoms with van der Waals surface area (Å²) in [5.41, 5.74) is 2.72. The minimum Gasteiger partial charge on any atom is -0.476 e. The SMILES string of the molecule is CC1(C)Oc2ccc(C(=O)Nc3ccc(C4CCCCC4)cc3)cc2N(Cc2ccc(F)cc2)C1=O. The first kappa shape index (κ1) is 24.0. The van der Waals surface area contributed by atoms with Gasteiger partial charge in [0.2, 0.25) is 0 Å². The van der Waals surface area contributed by atoms with Crippen LogP contribution >= 0.6 is 0 Å². The molecule has 1 heterocycles. The molecular formula is C30H31FN2O3. The summed E-state index contributed by atoms with van der Waals surface area (Å²) in [6, 6.07) is 19.3. The lowest BCUT2D eigenvalue weighted by molar-refractivity contribution is -0.132. The number of nitrogens with one attached hydrogen (secondary N) is 1. The first-order valence-electron chi connectivity index (χ1n) is 12.6. The van der Waals surface area contributed by atoms with Crippen LogP contribution in [0.25, 0.3) is 0 Å². The van der Waals surface area contributed by atoms with Gasteiger partial charge in [0.25, 0.3) is 11.8 Å². The summed E-state index contributed by atoms with van der Waals surface area (Å²) >= 11 is 0. The van der Waals surface area contributed by atoms with Gasteiger partial charge in [-0.05, 0) is 86.2 Å². The lowest BCUT2D eigenvalue weighted by atomic mass is 9.84. The first-order chi connectivity index (χ1) is 17.3. The second-order valence-corrected chi connectivity index (χ2v) is 10.2. The van der Waals surface area contributed by atoms with Gasteiger partial charge in [0.05, 0.1) is 12.2 Å². The molecule has 1 saturated carbocycles. The fourth-order valence-corrected chi connectivity index (χ4v) is 5.12. The van der Waals surface area contributed by atoms with Crippen LogP contribution in [-0.4, -0.2) is 17.4 Å². The van der Waals surface area contributed by atoms with E-state index in [4.69, 9.17) is 4.74 Å². The summed E-state index contributed by atoms with van der Waals surface area (Å²) in [6.07, 6.45) is 6.34. The summed E-state index contributed by atoms with van der Waals surface area (Å²) < 4.78 is 19.4. The van der Waals surface area contributed by atoms with Crippen LogP contribution in [0.15, 0.2) is 66.7 Å². The van der Waals surface area contributed by atoms with E-state index in [1.54, 1.807) is 49.1 Å². The van der Waals surface area contributed by atoms with Crippen molar-refractivity contribution >= 4 is 23.2 Å². The third-order valence-electron chi connectivity index (χ3n) is 7.14. The molecule has 0 bridgehead atoms. The fraction of sp³-hybridized carbons (Fsp3) is 0.333. The van der Waals surface area contributed by atoms with Crippen molar-refractivity contribution in [3.05, 3.63) is 89.2 Å².